The Morgan fingerprint density at radius 3 is 2.71 bits per heavy atom. The van der Waals surface area contributed by atoms with Crippen molar-refractivity contribution < 1.29 is 4.79 Å². The second-order valence-corrected chi connectivity index (χ2v) is 9.72. The summed E-state index contributed by atoms with van der Waals surface area (Å²) in [5.74, 6) is -0.170. The van der Waals surface area contributed by atoms with E-state index in [0.717, 1.165) is 29.9 Å². The van der Waals surface area contributed by atoms with E-state index in [0.29, 0.717) is 32.6 Å². The summed E-state index contributed by atoms with van der Waals surface area (Å²) in [7, 11) is 5.92. The second kappa shape index (κ2) is 11.2. The minimum absolute atomic E-state index is 0.0193. The summed E-state index contributed by atoms with van der Waals surface area (Å²) in [5, 5.41) is 9.61. The number of nitrogens with one attached hydrogen (secondary N) is 1. The minimum atomic E-state index is -0.170. The van der Waals surface area contributed by atoms with Crippen molar-refractivity contribution in [1.82, 2.24) is 29.6 Å². The quantitative estimate of drug-likeness (QED) is 0.668. The number of aromatic amines is 1. The monoisotopic (exact) mass is 473 g/mol. The topological polar surface area (TPSA) is 82.5 Å². The first-order valence-corrected chi connectivity index (χ1v) is 12.2. The van der Waals surface area contributed by atoms with Crippen LogP contribution in [-0.2, 0) is 13.0 Å². The molecular formula is C27H35N7O. The van der Waals surface area contributed by atoms with Crippen molar-refractivity contribution in [2.24, 2.45) is 5.92 Å². The minimum Gasteiger partial charge on any atom is -0.364 e. The molecule has 2 heterocycles. The lowest BCUT2D eigenvalue weighted by atomic mass is 9.92. The van der Waals surface area contributed by atoms with Crippen molar-refractivity contribution in [1.29, 1.82) is 5.26 Å². The zero-order chi connectivity index (χ0) is 24.8. The third kappa shape index (κ3) is 6.11. The SMILES string of the molecule is CN(C)CCN(C)C(=O)N1CC2=C(C=CC(C#N)C2)N(Cc2cnc[nH]2)C[C@H]1Cc1ccccc1. The summed E-state index contributed by atoms with van der Waals surface area (Å²) in [4.78, 5) is 29.5. The number of benzene rings is 1. The van der Waals surface area contributed by atoms with Crippen molar-refractivity contribution in [3.8, 4) is 6.07 Å². The van der Waals surface area contributed by atoms with Crippen molar-refractivity contribution in [3.63, 3.8) is 0 Å². The van der Waals surface area contributed by atoms with Gasteiger partial charge in [0.1, 0.15) is 0 Å². The van der Waals surface area contributed by atoms with Gasteiger partial charge in [-0.15, -0.1) is 0 Å². The number of urea groups is 1. The van der Waals surface area contributed by atoms with Crippen molar-refractivity contribution in [2.75, 3.05) is 47.3 Å². The molecule has 2 amide bonds. The number of rotatable bonds is 7. The van der Waals surface area contributed by atoms with Gasteiger partial charge in [-0.05, 0) is 44.1 Å². The fourth-order valence-electron chi connectivity index (χ4n) is 4.79. The fourth-order valence-corrected chi connectivity index (χ4v) is 4.79. The molecule has 2 aliphatic rings. The zero-order valence-electron chi connectivity index (χ0n) is 20.9. The van der Waals surface area contributed by atoms with Gasteiger partial charge in [0.15, 0.2) is 0 Å². The van der Waals surface area contributed by atoms with Crippen LogP contribution in [0.3, 0.4) is 0 Å². The number of hydrogen-bond acceptors (Lipinski definition) is 5. The van der Waals surface area contributed by atoms with E-state index >= 15 is 0 Å². The average molecular weight is 474 g/mol. The van der Waals surface area contributed by atoms with E-state index in [-0.39, 0.29) is 18.0 Å². The van der Waals surface area contributed by atoms with Gasteiger partial charge < -0.3 is 24.6 Å². The molecule has 1 aliphatic carbocycles. The van der Waals surface area contributed by atoms with Gasteiger partial charge in [0.25, 0.3) is 0 Å². The predicted octanol–water partition coefficient (Wildman–Crippen LogP) is 3.11. The number of likely N-dealkylation sites (N-methyl/N-ethyl adjacent to an activating group) is 2. The first-order valence-electron chi connectivity index (χ1n) is 12.2. The molecule has 1 aromatic carbocycles. The predicted molar refractivity (Wildman–Crippen MR) is 136 cm³/mol. The van der Waals surface area contributed by atoms with Gasteiger partial charge in [0.2, 0.25) is 0 Å². The Hall–Kier alpha value is -3.57. The molecule has 0 fully saturated rings. The molecule has 8 heteroatoms. The van der Waals surface area contributed by atoms with E-state index in [1.807, 2.05) is 61.4 Å². The Morgan fingerprint density at radius 2 is 2.03 bits per heavy atom. The van der Waals surface area contributed by atoms with Crippen LogP contribution in [0.5, 0.6) is 0 Å². The highest BCUT2D eigenvalue weighted by Crippen LogP contribution is 2.32. The van der Waals surface area contributed by atoms with Gasteiger partial charge in [-0.2, -0.15) is 5.26 Å². The van der Waals surface area contributed by atoms with Crippen LogP contribution in [0, 0.1) is 17.2 Å². The number of allylic oxidation sites excluding steroid dienone is 2. The van der Waals surface area contributed by atoms with Crippen LogP contribution in [0.4, 0.5) is 4.79 Å². The van der Waals surface area contributed by atoms with Crippen LogP contribution >= 0.6 is 0 Å². The van der Waals surface area contributed by atoms with Gasteiger partial charge >= 0.3 is 6.03 Å². The van der Waals surface area contributed by atoms with E-state index < -0.39 is 0 Å². The van der Waals surface area contributed by atoms with Crippen molar-refractivity contribution >= 4 is 6.03 Å². The second-order valence-electron chi connectivity index (χ2n) is 9.72. The average Bonchev–Trinajstić information content (AvgIpc) is 3.33. The Bertz CT molecular complexity index is 1080. The number of carbonyl (C=O) groups is 1. The van der Waals surface area contributed by atoms with E-state index in [1.54, 1.807) is 6.33 Å². The molecule has 0 radical (unpaired) electrons. The standard InChI is InChI=1S/C27H35N7O/c1-31(2)11-12-32(3)27(35)34-17-23-13-22(15-28)9-10-26(23)33(18-24-16-29-20-30-24)19-25(34)14-21-7-5-4-6-8-21/h4-10,16,20,22,25H,11-14,17-19H2,1-3H3,(H,29,30)/t22?,25-/m1/s1. The van der Waals surface area contributed by atoms with E-state index in [2.05, 4.69) is 44.0 Å². The number of aromatic nitrogens is 2. The molecule has 0 spiro atoms. The van der Waals surface area contributed by atoms with Gasteiger partial charge in [0, 0.05) is 45.1 Å². The Labute approximate surface area is 208 Å². The lowest BCUT2D eigenvalue weighted by Crippen LogP contribution is -2.51. The number of nitrogens with zero attached hydrogens (tertiary/aromatic N) is 6. The maximum atomic E-state index is 13.8. The lowest BCUT2D eigenvalue weighted by Gasteiger charge is -2.36. The van der Waals surface area contributed by atoms with Crippen molar-refractivity contribution in [2.45, 2.75) is 25.4 Å². The lowest BCUT2D eigenvalue weighted by molar-refractivity contribution is 0.135. The summed E-state index contributed by atoms with van der Waals surface area (Å²) in [5.41, 5.74) is 4.49. The Morgan fingerprint density at radius 1 is 1.23 bits per heavy atom. The van der Waals surface area contributed by atoms with Crippen LogP contribution in [0.1, 0.15) is 17.7 Å². The van der Waals surface area contributed by atoms with Gasteiger partial charge in [0.05, 0.1) is 36.6 Å². The zero-order valence-corrected chi connectivity index (χ0v) is 20.9. The molecule has 1 unspecified atom stereocenters. The highest BCUT2D eigenvalue weighted by molar-refractivity contribution is 5.75. The molecule has 2 atom stereocenters. The Kier molecular flexibility index (Phi) is 7.88. The first-order chi connectivity index (χ1) is 16.9. The maximum Gasteiger partial charge on any atom is 0.320 e. The first kappa shape index (κ1) is 24.6. The number of hydrogen-bond donors (Lipinski definition) is 1. The van der Waals surface area contributed by atoms with Crippen molar-refractivity contribution in [3.05, 3.63) is 77.5 Å². The van der Waals surface area contributed by atoms with Crippen LogP contribution in [0.25, 0.3) is 0 Å². The van der Waals surface area contributed by atoms with E-state index in [1.165, 1.54) is 5.56 Å². The van der Waals surface area contributed by atoms with Gasteiger partial charge in [-0.3, -0.25) is 0 Å². The third-order valence-corrected chi connectivity index (χ3v) is 6.74. The smallest absolute Gasteiger partial charge is 0.320 e. The molecule has 1 aromatic heterocycles. The van der Waals surface area contributed by atoms with Crippen LogP contribution in [0.2, 0.25) is 0 Å². The summed E-state index contributed by atoms with van der Waals surface area (Å²) in [6.07, 6.45) is 9.02. The Balaban J connectivity index is 1.68. The molecular weight excluding hydrogens is 438 g/mol. The molecule has 35 heavy (non-hydrogen) atoms. The summed E-state index contributed by atoms with van der Waals surface area (Å²) in [6.45, 7) is 3.36. The number of carbonyl (C=O) groups excluding carboxylic acids is 1. The van der Waals surface area contributed by atoms with Gasteiger partial charge in [-0.1, -0.05) is 36.4 Å². The molecule has 1 N–H and O–H groups in total. The molecule has 2 aromatic rings. The van der Waals surface area contributed by atoms with E-state index in [9.17, 15) is 10.1 Å². The molecule has 4 rings (SSSR count). The van der Waals surface area contributed by atoms with E-state index in [4.69, 9.17) is 0 Å². The summed E-state index contributed by atoms with van der Waals surface area (Å²) >= 11 is 0. The molecule has 0 saturated heterocycles. The summed E-state index contributed by atoms with van der Waals surface area (Å²) < 4.78 is 0. The summed E-state index contributed by atoms with van der Waals surface area (Å²) in [6, 6.07) is 12.8. The largest absolute Gasteiger partial charge is 0.364 e. The highest BCUT2D eigenvalue weighted by atomic mass is 16.2. The fraction of sp³-hybridized carbons (Fsp3) is 0.444. The van der Waals surface area contributed by atoms with Crippen LogP contribution < -0.4 is 0 Å². The highest BCUT2D eigenvalue weighted by Gasteiger charge is 2.35. The van der Waals surface area contributed by atoms with Crippen LogP contribution in [-0.4, -0.2) is 89.0 Å². The molecule has 0 saturated carbocycles. The molecule has 0 bridgehead atoms. The van der Waals surface area contributed by atoms with Gasteiger partial charge in [-0.25, -0.2) is 9.78 Å². The van der Waals surface area contributed by atoms with Crippen LogP contribution in [0.15, 0.2) is 66.3 Å². The normalized spacial score (nSPS) is 20.0. The third-order valence-electron chi connectivity index (χ3n) is 6.74. The number of amides is 2. The number of imidazole rings is 1. The maximum absolute atomic E-state index is 13.8. The number of H-pyrrole nitrogens is 1. The molecule has 1 aliphatic heterocycles. The molecule has 8 nitrogen and oxygen atoms in total. The molecule has 184 valence electrons. The number of nitriles is 1.